The number of carbonyl (C=O) groups is 1. The maximum Gasteiger partial charge on any atom is 0.253 e. The van der Waals surface area contributed by atoms with E-state index in [4.69, 9.17) is 23.2 Å². The van der Waals surface area contributed by atoms with Gasteiger partial charge in [0, 0.05) is 37.5 Å². The van der Waals surface area contributed by atoms with Crippen molar-refractivity contribution in [2.75, 3.05) is 33.2 Å². The fourth-order valence-corrected chi connectivity index (χ4v) is 5.28. The lowest BCUT2D eigenvalue weighted by atomic mass is 9.86. The molecule has 4 rings (SSSR count). The monoisotopic (exact) mass is 510 g/mol. The van der Waals surface area contributed by atoms with Crippen molar-refractivity contribution >= 4 is 29.1 Å². The lowest BCUT2D eigenvalue weighted by Crippen LogP contribution is -2.43. The predicted octanol–water partition coefficient (Wildman–Crippen LogP) is 6.09. The van der Waals surface area contributed by atoms with Crippen LogP contribution in [0.3, 0.4) is 0 Å². The smallest absolute Gasteiger partial charge is 0.253 e. The highest BCUT2D eigenvalue weighted by molar-refractivity contribution is 6.42. The van der Waals surface area contributed by atoms with Gasteiger partial charge in [-0.3, -0.25) is 4.79 Å². The van der Waals surface area contributed by atoms with Crippen LogP contribution in [0.2, 0.25) is 10.0 Å². The third kappa shape index (κ3) is 6.65. The van der Waals surface area contributed by atoms with Crippen molar-refractivity contribution in [1.82, 2.24) is 9.80 Å². The summed E-state index contributed by atoms with van der Waals surface area (Å²) in [5.41, 5.74) is 2.94. The Bertz CT molecular complexity index is 1110. The molecule has 6 heteroatoms. The Kier molecular flexibility index (Phi) is 8.85. The summed E-state index contributed by atoms with van der Waals surface area (Å²) < 4.78 is 0. The summed E-state index contributed by atoms with van der Waals surface area (Å²) in [6, 6.07) is 25.3. The van der Waals surface area contributed by atoms with E-state index >= 15 is 0 Å². The second-order valence-corrected chi connectivity index (χ2v) is 10.2. The van der Waals surface area contributed by atoms with Crippen LogP contribution in [0.5, 0.6) is 0 Å². The highest BCUT2D eigenvalue weighted by atomic mass is 35.5. The number of aliphatic hydroxyl groups is 1. The van der Waals surface area contributed by atoms with Crippen molar-refractivity contribution in [3.63, 3.8) is 0 Å². The summed E-state index contributed by atoms with van der Waals surface area (Å²) in [5.74, 6) is 0.258. The van der Waals surface area contributed by atoms with Crippen LogP contribution < -0.4 is 0 Å². The summed E-state index contributed by atoms with van der Waals surface area (Å²) in [6.45, 7) is 2.97. The molecule has 184 valence electrons. The van der Waals surface area contributed by atoms with E-state index in [1.807, 2.05) is 73.8 Å². The minimum Gasteiger partial charge on any atom is -0.391 e. The molecule has 1 saturated heterocycles. The maximum atomic E-state index is 13.0. The molecule has 1 N–H and O–H groups in total. The SMILES string of the molecule is CN(C[C@@H](CCN1CC[C@@H](c2ccccc2)[C@H](O)C1)c1ccc(Cl)c(Cl)c1)C(=O)c1ccccc1. The molecule has 1 fully saturated rings. The number of hydrogen-bond acceptors (Lipinski definition) is 3. The summed E-state index contributed by atoms with van der Waals surface area (Å²) >= 11 is 12.5. The van der Waals surface area contributed by atoms with Crippen molar-refractivity contribution in [3.05, 3.63) is 106 Å². The molecular weight excluding hydrogens is 479 g/mol. The van der Waals surface area contributed by atoms with Gasteiger partial charge in [0.2, 0.25) is 0 Å². The van der Waals surface area contributed by atoms with Gasteiger partial charge in [0.1, 0.15) is 0 Å². The zero-order valence-corrected chi connectivity index (χ0v) is 21.5. The summed E-state index contributed by atoms with van der Waals surface area (Å²) in [6.07, 6.45) is 1.37. The van der Waals surface area contributed by atoms with Gasteiger partial charge in [0.05, 0.1) is 16.1 Å². The third-order valence-corrected chi connectivity index (χ3v) is 7.70. The van der Waals surface area contributed by atoms with Gasteiger partial charge in [-0.05, 0) is 61.3 Å². The Morgan fingerprint density at radius 2 is 1.71 bits per heavy atom. The second-order valence-electron chi connectivity index (χ2n) is 9.38. The van der Waals surface area contributed by atoms with E-state index in [1.165, 1.54) is 5.56 Å². The summed E-state index contributed by atoms with van der Waals surface area (Å²) in [5, 5.41) is 11.9. The number of benzene rings is 3. The second kappa shape index (κ2) is 12.0. The summed E-state index contributed by atoms with van der Waals surface area (Å²) in [4.78, 5) is 17.1. The number of piperidine rings is 1. The molecule has 1 aliphatic rings. The number of β-amino-alcohol motifs (C(OH)–C–C–N with tert-alkyl or cyclic N) is 1. The number of likely N-dealkylation sites (N-methyl/N-ethyl adjacent to an activating group) is 1. The lowest BCUT2D eigenvalue weighted by molar-refractivity contribution is 0.0493. The van der Waals surface area contributed by atoms with Gasteiger partial charge >= 0.3 is 0 Å². The van der Waals surface area contributed by atoms with Crippen LogP contribution in [0.1, 0.15) is 46.2 Å². The van der Waals surface area contributed by atoms with Gasteiger partial charge in [0.15, 0.2) is 0 Å². The third-order valence-electron chi connectivity index (χ3n) is 6.96. The maximum absolute atomic E-state index is 13.0. The highest BCUT2D eigenvalue weighted by Crippen LogP contribution is 2.31. The van der Waals surface area contributed by atoms with Crippen molar-refractivity contribution in [3.8, 4) is 0 Å². The highest BCUT2D eigenvalue weighted by Gasteiger charge is 2.29. The van der Waals surface area contributed by atoms with Gasteiger partial charge in [0.25, 0.3) is 5.91 Å². The fraction of sp³-hybridized carbons (Fsp3) is 0.345. The molecule has 0 bridgehead atoms. The predicted molar refractivity (Wildman–Crippen MR) is 143 cm³/mol. The van der Waals surface area contributed by atoms with Gasteiger partial charge < -0.3 is 14.9 Å². The number of amides is 1. The molecule has 0 unspecified atom stereocenters. The number of nitrogens with zero attached hydrogens (tertiary/aromatic N) is 2. The zero-order chi connectivity index (χ0) is 24.8. The first-order valence-corrected chi connectivity index (χ1v) is 12.9. The molecule has 1 heterocycles. The molecule has 0 aromatic heterocycles. The van der Waals surface area contributed by atoms with Crippen LogP contribution >= 0.6 is 23.2 Å². The van der Waals surface area contributed by atoms with Crippen LogP contribution in [-0.4, -0.2) is 60.1 Å². The molecule has 0 spiro atoms. The van der Waals surface area contributed by atoms with Crippen LogP contribution in [0.4, 0.5) is 0 Å². The minimum absolute atomic E-state index is 0.00485. The minimum atomic E-state index is -0.392. The number of halogens is 2. The Morgan fingerprint density at radius 1 is 1.03 bits per heavy atom. The molecular formula is C29H32Cl2N2O2. The van der Waals surface area contributed by atoms with E-state index in [0.29, 0.717) is 28.7 Å². The first kappa shape index (κ1) is 25.7. The average molecular weight is 511 g/mol. The Morgan fingerprint density at radius 3 is 2.37 bits per heavy atom. The van der Waals surface area contributed by atoms with E-state index in [2.05, 4.69) is 17.0 Å². The summed E-state index contributed by atoms with van der Waals surface area (Å²) in [7, 11) is 1.84. The number of rotatable bonds is 8. The quantitative estimate of drug-likeness (QED) is 0.398. The molecule has 0 saturated carbocycles. The average Bonchev–Trinajstić information content (AvgIpc) is 2.88. The lowest BCUT2D eigenvalue weighted by Gasteiger charge is -2.37. The number of hydrogen-bond donors (Lipinski definition) is 1. The first-order valence-electron chi connectivity index (χ1n) is 12.1. The van der Waals surface area contributed by atoms with Crippen LogP contribution in [0.25, 0.3) is 0 Å². The van der Waals surface area contributed by atoms with Gasteiger partial charge in [-0.25, -0.2) is 0 Å². The Hall–Kier alpha value is -2.37. The Balaban J connectivity index is 1.43. The number of aliphatic hydroxyl groups excluding tert-OH is 1. The molecule has 1 aliphatic heterocycles. The molecule has 3 atom stereocenters. The topological polar surface area (TPSA) is 43.8 Å². The van der Waals surface area contributed by atoms with E-state index in [1.54, 1.807) is 4.90 Å². The Labute approximate surface area is 218 Å². The fourth-order valence-electron chi connectivity index (χ4n) is 4.97. The number of carbonyl (C=O) groups excluding carboxylic acids is 1. The van der Waals surface area contributed by atoms with E-state index in [9.17, 15) is 9.90 Å². The molecule has 1 amide bonds. The van der Waals surface area contributed by atoms with Crippen LogP contribution in [-0.2, 0) is 0 Å². The van der Waals surface area contributed by atoms with Crippen molar-refractivity contribution in [2.45, 2.75) is 30.8 Å². The van der Waals surface area contributed by atoms with Gasteiger partial charge in [-0.2, -0.15) is 0 Å². The largest absolute Gasteiger partial charge is 0.391 e. The van der Waals surface area contributed by atoms with Crippen molar-refractivity contribution in [2.24, 2.45) is 0 Å². The van der Waals surface area contributed by atoms with Crippen molar-refractivity contribution < 1.29 is 9.90 Å². The molecule has 3 aromatic rings. The molecule has 4 nitrogen and oxygen atoms in total. The van der Waals surface area contributed by atoms with E-state index in [-0.39, 0.29) is 17.7 Å². The first-order chi connectivity index (χ1) is 16.9. The molecule has 0 radical (unpaired) electrons. The van der Waals surface area contributed by atoms with E-state index in [0.717, 1.165) is 31.5 Å². The molecule has 3 aromatic carbocycles. The number of likely N-dealkylation sites (tertiary alicyclic amines) is 1. The molecule has 0 aliphatic carbocycles. The van der Waals surface area contributed by atoms with Gasteiger partial charge in [-0.15, -0.1) is 0 Å². The van der Waals surface area contributed by atoms with Crippen LogP contribution in [0.15, 0.2) is 78.9 Å². The van der Waals surface area contributed by atoms with E-state index < -0.39 is 6.10 Å². The van der Waals surface area contributed by atoms with Crippen molar-refractivity contribution in [1.29, 1.82) is 0 Å². The van der Waals surface area contributed by atoms with Gasteiger partial charge in [-0.1, -0.05) is 77.8 Å². The standard InChI is InChI=1S/C29H32Cl2N2O2/c1-32(29(35)22-10-6-3-7-11-22)19-24(23-12-13-26(30)27(31)18-23)14-16-33-17-15-25(28(34)20-33)21-8-4-2-5-9-21/h2-13,18,24-25,28,34H,14-17,19-20H2,1H3/t24-,25+,28-/m1/s1. The zero-order valence-electron chi connectivity index (χ0n) is 20.0. The normalized spacial score (nSPS) is 19.3. The molecule has 35 heavy (non-hydrogen) atoms. The van der Waals surface area contributed by atoms with Crippen LogP contribution in [0, 0.1) is 0 Å².